The molecule has 4 nitrogen and oxygen atoms in total. The molecule has 0 fully saturated rings. The molecule has 0 aliphatic carbocycles. The number of hydrogen-bond acceptors (Lipinski definition) is 5. The highest BCUT2D eigenvalue weighted by molar-refractivity contribution is 8.22. The molecule has 1 N–H and O–H groups in total. The van der Waals surface area contributed by atoms with Crippen molar-refractivity contribution in [3.05, 3.63) is 28.3 Å². The number of aromatic hydroxyl groups is 1. The van der Waals surface area contributed by atoms with Crippen LogP contribution in [0.2, 0.25) is 0 Å². The van der Waals surface area contributed by atoms with E-state index in [1.807, 2.05) is 24.8 Å². The van der Waals surface area contributed by atoms with Crippen LogP contribution in [0.5, 0.6) is 5.75 Å². The summed E-state index contributed by atoms with van der Waals surface area (Å²) in [7, 11) is 0. The van der Waals surface area contributed by atoms with Crippen molar-refractivity contribution in [2.45, 2.75) is 53.9 Å². The highest BCUT2D eigenvalue weighted by atomic mass is 32.2. The van der Waals surface area contributed by atoms with Crippen molar-refractivity contribution in [2.75, 3.05) is 26.2 Å². The van der Waals surface area contributed by atoms with Gasteiger partial charge in [0.25, 0.3) is 5.17 Å². The lowest BCUT2D eigenvalue weighted by Gasteiger charge is -2.23. The van der Waals surface area contributed by atoms with Gasteiger partial charge in [-0.25, -0.2) is 0 Å². The quantitative estimate of drug-likeness (QED) is 0.583. The van der Waals surface area contributed by atoms with Gasteiger partial charge in [-0.3, -0.25) is 0 Å². The predicted octanol–water partition coefficient (Wildman–Crippen LogP) is 5.01. The highest BCUT2D eigenvalue weighted by Crippen LogP contribution is 2.32. The van der Waals surface area contributed by atoms with Crippen molar-refractivity contribution in [3.63, 3.8) is 0 Å². The zero-order chi connectivity index (χ0) is 20.6. The summed E-state index contributed by atoms with van der Waals surface area (Å²) in [4.78, 5) is 4.15. The van der Waals surface area contributed by atoms with E-state index < -0.39 is 0 Å². The van der Waals surface area contributed by atoms with Gasteiger partial charge >= 0.3 is 0 Å². The number of hydrogen-bond donors (Lipinski definition) is 1. The first-order valence-corrected chi connectivity index (χ1v) is 11.2. The number of thioether (sulfide) groups is 1. The monoisotopic (exact) mass is 428 g/mol. The Bertz CT molecular complexity index is 605. The molecule has 0 atom stereocenters. The Morgan fingerprint density at radius 1 is 0.963 bits per heavy atom. The largest absolute Gasteiger partial charge is 0.507 e. The summed E-state index contributed by atoms with van der Waals surface area (Å²) in [6, 6.07) is 2.01. The Labute approximate surface area is 179 Å². The normalized spacial score (nSPS) is 10.6. The van der Waals surface area contributed by atoms with Crippen LogP contribution in [0.3, 0.4) is 0 Å². The van der Waals surface area contributed by atoms with Gasteiger partial charge in [0.1, 0.15) is 16.7 Å². The van der Waals surface area contributed by atoms with Gasteiger partial charge < -0.3 is 19.6 Å². The van der Waals surface area contributed by atoms with Crippen LogP contribution in [0.15, 0.2) is 6.07 Å². The maximum Gasteiger partial charge on any atom is 0.259 e. The number of rotatable bonds is 8. The molecule has 1 aromatic carbocycles. The van der Waals surface area contributed by atoms with Gasteiger partial charge in [-0.05, 0) is 76.5 Å². The van der Waals surface area contributed by atoms with Crippen LogP contribution in [-0.2, 0) is 17.1 Å². The second kappa shape index (κ2) is 11.7. The SMILES string of the molecule is CCN(CC)C(=S)OCc1cc(CSC(=S)N(CC)CC)c(O)c(C)c1C. The fraction of sp³-hybridized carbons (Fsp3) is 0.600. The van der Waals surface area contributed by atoms with Gasteiger partial charge in [0.05, 0.1) is 0 Å². The van der Waals surface area contributed by atoms with Gasteiger partial charge in [-0.15, -0.1) is 0 Å². The second-order valence-corrected chi connectivity index (χ2v) is 8.21. The molecule has 7 heteroatoms. The first kappa shape index (κ1) is 24.0. The molecule has 0 unspecified atom stereocenters. The fourth-order valence-corrected chi connectivity index (χ4v) is 4.42. The van der Waals surface area contributed by atoms with Crippen molar-refractivity contribution in [1.29, 1.82) is 0 Å². The molecule has 0 aliphatic heterocycles. The third kappa shape index (κ3) is 6.50. The Morgan fingerprint density at radius 3 is 2.04 bits per heavy atom. The molecule has 0 spiro atoms. The third-order valence-corrected chi connectivity index (χ3v) is 6.75. The molecule has 1 rings (SSSR count). The van der Waals surface area contributed by atoms with Gasteiger partial charge in [-0.1, -0.05) is 24.0 Å². The van der Waals surface area contributed by atoms with Gasteiger partial charge in [0.2, 0.25) is 0 Å². The van der Waals surface area contributed by atoms with E-state index in [1.54, 1.807) is 11.8 Å². The zero-order valence-corrected chi connectivity index (χ0v) is 19.7. The van der Waals surface area contributed by atoms with Crippen molar-refractivity contribution < 1.29 is 9.84 Å². The van der Waals surface area contributed by atoms with E-state index >= 15 is 0 Å². The molecule has 152 valence electrons. The number of phenolic OH excluding ortho intramolecular Hbond substituents is 1. The summed E-state index contributed by atoms with van der Waals surface area (Å²) in [5.74, 6) is 0.980. The van der Waals surface area contributed by atoms with Crippen LogP contribution in [0, 0.1) is 13.8 Å². The van der Waals surface area contributed by atoms with Crippen molar-refractivity contribution in [3.8, 4) is 5.75 Å². The van der Waals surface area contributed by atoms with Crippen molar-refractivity contribution in [1.82, 2.24) is 9.80 Å². The van der Waals surface area contributed by atoms with E-state index in [0.29, 0.717) is 23.3 Å². The number of nitrogens with zero attached hydrogens (tertiary/aromatic N) is 2. The fourth-order valence-electron chi connectivity index (χ4n) is 2.73. The van der Waals surface area contributed by atoms with Crippen LogP contribution in [0.1, 0.15) is 49.9 Å². The molecule has 0 bridgehead atoms. The first-order valence-electron chi connectivity index (χ1n) is 9.44. The summed E-state index contributed by atoms with van der Waals surface area (Å²) >= 11 is 12.5. The van der Waals surface area contributed by atoms with Gasteiger partial charge in [0, 0.05) is 37.5 Å². The van der Waals surface area contributed by atoms with Crippen molar-refractivity contribution in [2.24, 2.45) is 0 Å². The standard InChI is InChI=1S/C20H32N2O2S3/c1-7-21(8-2)19(25)24-12-16-11-17(18(23)15(6)14(16)5)13-27-20(26)22(9-3)10-4/h11,23H,7-10,12-13H2,1-6H3. The number of phenols is 1. The summed E-state index contributed by atoms with van der Waals surface area (Å²) in [5, 5.41) is 11.1. The maximum absolute atomic E-state index is 10.6. The van der Waals surface area contributed by atoms with Crippen LogP contribution in [-0.4, -0.2) is 50.6 Å². The summed E-state index contributed by atoms with van der Waals surface area (Å²) in [5.41, 5.74) is 3.85. The second-order valence-electron chi connectivity index (χ2n) is 6.25. The highest BCUT2D eigenvalue weighted by Gasteiger charge is 2.15. The van der Waals surface area contributed by atoms with Gasteiger partial charge in [0.15, 0.2) is 0 Å². The minimum atomic E-state index is 0.345. The minimum Gasteiger partial charge on any atom is -0.507 e. The van der Waals surface area contributed by atoms with Crippen LogP contribution >= 0.6 is 36.2 Å². The zero-order valence-electron chi connectivity index (χ0n) is 17.3. The molecule has 0 radical (unpaired) electrons. The molecule has 0 aliphatic rings. The van der Waals surface area contributed by atoms with Crippen LogP contribution < -0.4 is 0 Å². The topological polar surface area (TPSA) is 35.9 Å². The molecule has 1 aromatic rings. The predicted molar refractivity (Wildman–Crippen MR) is 125 cm³/mol. The van der Waals surface area contributed by atoms with Crippen LogP contribution in [0.4, 0.5) is 0 Å². The summed E-state index contributed by atoms with van der Waals surface area (Å²) in [6.07, 6.45) is 0. The molecule has 0 saturated heterocycles. The van der Waals surface area contributed by atoms with E-state index in [0.717, 1.165) is 52.8 Å². The number of ether oxygens (including phenoxy) is 1. The Hall–Kier alpha value is -1.05. The Balaban J connectivity index is 2.92. The lowest BCUT2D eigenvalue weighted by Crippen LogP contribution is -2.30. The molecule has 0 heterocycles. The van der Waals surface area contributed by atoms with Gasteiger partial charge in [-0.2, -0.15) is 0 Å². The Morgan fingerprint density at radius 2 is 1.52 bits per heavy atom. The summed E-state index contributed by atoms with van der Waals surface area (Å²) in [6.45, 7) is 16.1. The molecule has 0 aromatic heterocycles. The lowest BCUT2D eigenvalue weighted by atomic mass is 9.99. The third-order valence-electron chi connectivity index (χ3n) is 4.80. The summed E-state index contributed by atoms with van der Waals surface area (Å²) < 4.78 is 6.70. The molecular formula is C20H32N2O2S3. The van der Waals surface area contributed by atoms with E-state index in [-0.39, 0.29) is 0 Å². The molecule has 27 heavy (non-hydrogen) atoms. The number of benzene rings is 1. The minimum absolute atomic E-state index is 0.345. The molecule has 0 saturated carbocycles. The lowest BCUT2D eigenvalue weighted by molar-refractivity contribution is 0.238. The van der Waals surface area contributed by atoms with E-state index in [1.165, 1.54) is 0 Å². The van der Waals surface area contributed by atoms with Crippen molar-refractivity contribution >= 4 is 45.7 Å². The van der Waals surface area contributed by atoms with E-state index in [2.05, 4.69) is 32.6 Å². The smallest absolute Gasteiger partial charge is 0.259 e. The first-order chi connectivity index (χ1) is 12.8. The Kier molecular flexibility index (Phi) is 10.4. The van der Waals surface area contributed by atoms with E-state index in [4.69, 9.17) is 29.2 Å². The molecule has 0 amide bonds. The average Bonchev–Trinajstić information content (AvgIpc) is 2.66. The maximum atomic E-state index is 10.6. The average molecular weight is 429 g/mol. The van der Waals surface area contributed by atoms with Crippen LogP contribution in [0.25, 0.3) is 0 Å². The molecular weight excluding hydrogens is 396 g/mol. The van der Waals surface area contributed by atoms with E-state index in [9.17, 15) is 5.11 Å². The number of thiocarbonyl (C=S) groups is 2.